The monoisotopic (exact) mass is 434 g/mol. The van der Waals surface area contributed by atoms with Crippen LogP contribution in [0.25, 0.3) is 10.9 Å². The third kappa shape index (κ3) is 5.08. The lowest BCUT2D eigenvalue weighted by Crippen LogP contribution is -2.57. The number of hydrogen-bond donors (Lipinski definition) is 4. The molecule has 0 unspecified atom stereocenters. The van der Waals surface area contributed by atoms with Gasteiger partial charge in [0.15, 0.2) is 0 Å². The highest BCUT2D eigenvalue weighted by atomic mass is 16.5. The summed E-state index contributed by atoms with van der Waals surface area (Å²) in [6.07, 6.45) is 3.14. The number of carbonyl (C=O) groups excluding carboxylic acids is 3. The van der Waals surface area contributed by atoms with E-state index in [0.29, 0.717) is 25.8 Å². The van der Waals surface area contributed by atoms with Crippen molar-refractivity contribution >= 4 is 28.8 Å². The van der Waals surface area contributed by atoms with Gasteiger partial charge in [-0.25, -0.2) is 4.79 Å². The van der Waals surface area contributed by atoms with Gasteiger partial charge < -0.3 is 25.7 Å². The summed E-state index contributed by atoms with van der Waals surface area (Å²) in [6, 6.07) is 15.8. The summed E-state index contributed by atoms with van der Waals surface area (Å²) in [5.41, 5.74) is 2.59. The fourth-order valence-corrected chi connectivity index (χ4v) is 3.82. The minimum absolute atomic E-state index is 0.199. The number of aromatic amines is 1. The minimum atomic E-state index is -0.712. The van der Waals surface area contributed by atoms with Crippen molar-refractivity contribution in [3.8, 4) is 0 Å². The summed E-state index contributed by atoms with van der Waals surface area (Å²) in [6.45, 7) is 0.659. The average Bonchev–Trinajstić information content (AvgIpc) is 3.24. The molecule has 0 saturated carbocycles. The lowest BCUT2D eigenvalue weighted by molar-refractivity contribution is -0.137. The standard InChI is InChI=1S/C24H26N4O4/c29-22-20(12-6-7-13-25-24(31)32-15-16-8-2-1-3-9-16)27-23(30)21(28-22)18-14-26-19-11-5-4-10-17(18)19/h1-5,8-11,14,20-21,26H,6-7,12-13,15H2,(H,25,31)(H,27,30)(H,28,29)/t20-,21-/m1/s1. The maximum Gasteiger partial charge on any atom is 0.407 e. The van der Waals surface area contributed by atoms with Gasteiger partial charge in [-0.15, -0.1) is 0 Å². The van der Waals surface area contributed by atoms with Crippen molar-refractivity contribution in [1.82, 2.24) is 20.9 Å². The van der Waals surface area contributed by atoms with Gasteiger partial charge in [0.05, 0.1) is 0 Å². The molecular formula is C24H26N4O4. The Morgan fingerprint density at radius 1 is 0.938 bits per heavy atom. The van der Waals surface area contributed by atoms with Gasteiger partial charge in [-0.3, -0.25) is 9.59 Å². The van der Waals surface area contributed by atoms with Crippen LogP contribution in [0, 0.1) is 0 Å². The third-order valence-corrected chi connectivity index (χ3v) is 5.52. The molecule has 0 bridgehead atoms. The Morgan fingerprint density at radius 3 is 2.56 bits per heavy atom. The topological polar surface area (TPSA) is 112 Å². The number of aromatic nitrogens is 1. The third-order valence-electron chi connectivity index (χ3n) is 5.52. The highest BCUT2D eigenvalue weighted by Crippen LogP contribution is 2.26. The highest BCUT2D eigenvalue weighted by Gasteiger charge is 2.35. The van der Waals surface area contributed by atoms with E-state index in [4.69, 9.17) is 4.74 Å². The average molecular weight is 434 g/mol. The van der Waals surface area contributed by atoms with E-state index in [-0.39, 0.29) is 18.4 Å². The molecule has 4 rings (SSSR count). The molecule has 0 aliphatic carbocycles. The van der Waals surface area contributed by atoms with Crippen LogP contribution in [0.3, 0.4) is 0 Å². The Balaban J connectivity index is 1.18. The van der Waals surface area contributed by atoms with Gasteiger partial charge in [0.1, 0.15) is 18.7 Å². The first-order valence-electron chi connectivity index (χ1n) is 10.7. The number of piperazine rings is 1. The number of nitrogens with one attached hydrogen (secondary N) is 4. The lowest BCUT2D eigenvalue weighted by atomic mass is 9.99. The number of unbranched alkanes of at least 4 members (excludes halogenated alkanes) is 1. The van der Waals surface area contributed by atoms with E-state index in [1.165, 1.54) is 0 Å². The molecular weight excluding hydrogens is 408 g/mol. The van der Waals surface area contributed by atoms with Crippen molar-refractivity contribution < 1.29 is 19.1 Å². The van der Waals surface area contributed by atoms with E-state index in [1.807, 2.05) is 54.6 Å². The van der Waals surface area contributed by atoms with E-state index in [2.05, 4.69) is 20.9 Å². The van der Waals surface area contributed by atoms with Crippen LogP contribution in [0.1, 0.15) is 36.4 Å². The van der Waals surface area contributed by atoms with Crippen LogP contribution >= 0.6 is 0 Å². The van der Waals surface area contributed by atoms with Crippen LogP contribution in [0.5, 0.6) is 0 Å². The van der Waals surface area contributed by atoms with E-state index >= 15 is 0 Å². The van der Waals surface area contributed by atoms with Gasteiger partial charge in [0.25, 0.3) is 0 Å². The lowest BCUT2D eigenvalue weighted by Gasteiger charge is -2.29. The molecule has 3 aromatic rings. The number of amides is 3. The molecule has 1 aliphatic heterocycles. The van der Waals surface area contributed by atoms with Gasteiger partial charge in [0, 0.05) is 29.2 Å². The van der Waals surface area contributed by atoms with Crippen molar-refractivity contribution in [1.29, 1.82) is 0 Å². The van der Waals surface area contributed by atoms with Crippen LogP contribution in [-0.4, -0.2) is 35.5 Å². The van der Waals surface area contributed by atoms with E-state index < -0.39 is 18.2 Å². The van der Waals surface area contributed by atoms with Gasteiger partial charge in [-0.1, -0.05) is 48.5 Å². The van der Waals surface area contributed by atoms with Gasteiger partial charge in [-0.05, 0) is 30.9 Å². The normalized spacial score (nSPS) is 18.1. The first kappa shape index (κ1) is 21.4. The number of fused-ring (bicyclic) bond motifs is 1. The zero-order valence-corrected chi connectivity index (χ0v) is 17.6. The van der Waals surface area contributed by atoms with Crippen LogP contribution in [0.4, 0.5) is 4.79 Å². The smallest absolute Gasteiger partial charge is 0.407 e. The molecule has 2 heterocycles. The molecule has 2 atom stereocenters. The summed E-state index contributed by atoms with van der Waals surface area (Å²) in [5.74, 6) is -0.419. The Morgan fingerprint density at radius 2 is 1.72 bits per heavy atom. The Kier molecular flexibility index (Phi) is 6.69. The number of benzene rings is 2. The minimum Gasteiger partial charge on any atom is -0.445 e. The Labute approximate surface area is 185 Å². The van der Waals surface area contributed by atoms with Crippen molar-refractivity contribution in [2.45, 2.75) is 38.0 Å². The zero-order chi connectivity index (χ0) is 22.3. The van der Waals surface area contributed by atoms with Gasteiger partial charge in [-0.2, -0.15) is 0 Å². The maximum atomic E-state index is 12.6. The van der Waals surface area contributed by atoms with E-state index in [0.717, 1.165) is 22.0 Å². The van der Waals surface area contributed by atoms with Crippen molar-refractivity contribution in [3.05, 3.63) is 71.9 Å². The second kappa shape index (κ2) is 10.00. The number of rotatable bonds is 8. The zero-order valence-electron chi connectivity index (χ0n) is 17.6. The van der Waals surface area contributed by atoms with Crippen LogP contribution < -0.4 is 16.0 Å². The molecule has 1 aliphatic rings. The molecule has 1 aromatic heterocycles. The van der Waals surface area contributed by atoms with Crippen LogP contribution in [0.15, 0.2) is 60.8 Å². The van der Waals surface area contributed by atoms with E-state index in [1.54, 1.807) is 6.20 Å². The fourth-order valence-electron chi connectivity index (χ4n) is 3.82. The molecule has 1 fully saturated rings. The molecule has 32 heavy (non-hydrogen) atoms. The highest BCUT2D eigenvalue weighted by molar-refractivity contribution is 6.00. The molecule has 0 spiro atoms. The number of para-hydroxylation sites is 1. The quantitative estimate of drug-likeness (QED) is 0.408. The SMILES string of the molecule is O=C(NCCCC[C@H]1NC(=O)[C@@H](c2c[nH]c3ccccc23)NC1=O)OCc1ccccc1. The van der Waals surface area contributed by atoms with Gasteiger partial charge in [0.2, 0.25) is 11.8 Å². The molecule has 1 saturated heterocycles. The number of alkyl carbamates (subject to hydrolysis) is 1. The summed E-state index contributed by atoms with van der Waals surface area (Å²) >= 11 is 0. The summed E-state index contributed by atoms with van der Waals surface area (Å²) in [4.78, 5) is 40.1. The molecule has 4 N–H and O–H groups in total. The Hall–Kier alpha value is -3.81. The van der Waals surface area contributed by atoms with Crippen LogP contribution in [-0.2, 0) is 20.9 Å². The van der Waals surface area contributed by atoms with E-state index in [9.17, 15) is 14.4 Å². The number of carbonyl (C=O) groups is 3. The molecule has 8 nitrogen and oxygen atoms in total. The number of hydrogen-bond acceptors (Lipinski definition) is 4. The number of ether oxygens (including phenoxy) is 1. The Bertz CT molecular complexity index is 1100. The summed E-state index contributed by atoms with van der Waals surface area (Å²) < 4.78 is 5.16. The molecule has 2 aromatic carbocycles. The molecule has 8 heteroatoms. The fraction of sp³-hybridized carbons (Fsp3) is 0.292. The number of H-pyrrole nitrogens is 1. The first-order valence-corrected chi connectivity index (χ1v) is 10.7. The maximum absolute atomic E-state index is 12.6. The van der Waals surface area contributed by atoms with Crippen molar-refractivity contribution in [2.24, 2.45) is 0 Å². The second-order valence-electron chi connectivity index (χ2n) is 7.78. The van der Waals surface area contributed by atoms with Crippen molar-refractivity contribution in [3.63, 3.8) is 0 Å². The predicted octanol–water partition coefficient (Wildman–Crippen LogP) is 2.92. The second-order valence-corrected chi connectivity index (χ2v) is 7.78. The summed E-state index contributed by atoms with van der Waals surface area (Å²) in [7, 11) is 0. The van der Waals surface area contributed by atoms with Crippen LogP contribution in [0.2, 0.25) is 0 Å². The van der Waals surface area contributed by atoms with Gasteiger partial charge >= 0.3 is 6.09 Å². The summed E-state index contributed by atoms with van der Waals surface area (Å²) in [5, 5.41) is 9.29. The largest absolute Gasteiger partial charge is 0.445 e. The predicted molar refractivity (Wildman–Crippen MR) is 120 cm³/mol. The molecule has 166 valence electrons. The molecule has 0 radical (unpaired) electrons. The molecule has 3 amide bonds. The first-order chi connectivity index (χ1) is 15.6. The van der Waals surface area contributed by atoms with Crippen molar-refractivity contribution in [2.75, 3.05) is 6.54 Å².